The van der Waals surface area contributed by atoms with Crippen molar-refractivity contribution in [2.45, 2.75) is 0 Å². The number of methoxy groups -OCH3 is 1. The molecule has 0 N–H and O–H groups in total. The normalized spacial score (nSPS) is 9.67. The Hall–Kier alpha value is -1.96. The van der Waals surface area contributed by atoms with Gasteiger partial charge in [-0.15, -0.1) is 0 Å². The molecule has 1 radical (unpaired) electrons. The Morgan fingerprint density at radius 2 is 1.60 bits per heavy atom. The molecule has 0 aliphatic carbocycles. The van der Waals surface area contributed by atoms with Gasteiger partial charge in [0.25, 0.3) is 0 Å². The van der Waals surface area contributed by atoms with E-state index in [2.05, 4.69) is 5.32 Å². The minimum absolute atomic E-state index is 0.826. The fourth-order valence-electron chi connectivity index (χ4n) is 1.33. The Labute approximate surface area is 89.5 Å². The van der Waals surface area contributed by atoms with Crippen LogP contribution in [0.3, 0.4) is 0 Å². The Bertz CT molecular complexity index is 426. The molecule has 15 heavy (non-hydrogen) atoms. The summed E-state index contributed by atoms with van der Waals surface area (Å²) in [5.74, 6) is 0.826. The monoisotopic (exact) mass is 198 g/mol. The van der Waals surface area contributed by atoms with Crippen LogP contribution >= 0.6 is 0 Å². The maximum Gasteiger partial charge on any atom is 0.121 e. The summed E-state index contributed by atoms with van der Waals surface area (Å²) in [5, 5.41) is 4.47. The van der Waals surface area contributed by atoms with Gasteiger partial charge in [0.05, 0.1) is 18.5 Å². The number of benzene rings is 2. The van der Waals surface area contributed by atoms with Gasteiger partial charge < -0.3 is 4.74 Å². The first-order valence-electron chi connectivity index (χ1n) is 4.79. The van der Waals surface area contributed by atoms with Crippen molar-refractivity contribution in [2.24, 2.45) is 0 Å². The van der Waals surface area contributed by atoms with Crippen LogP contribution < -0.4 is 10.1 Å². The van der Waals surface area contributed by atoms with Crippen LogP contribution in [0.25, 0.3) is 0 Å². The molecule has 0 heterocycles. The predicted molar refractivity (Wildman–Crippen MR) is 60.9 cm³/mol. The third-order valence-electron chi connectivity index (χ3n) is 2.07. The molecule has 0 saturated carbocycles. The first-order chi connectivity index (χ1) is 7.38. The van der Waals surface area contributed by atoms with E-state index in [1.165, 1.54) is 0 Å². The van der Waals surface area contributed by atoms with E-state index in [4.69, 9.17) is 4.74 Å². The number of ether oxygens (including phenoxy) is 1. The molecule has 2 rings (SSSR count). The smallest absolute Gasteiger partial charge is 0.121 e. The van der Waals surface area contributed by atoms with Crippen molar-refractivity contribution in [3.63, 3.8) is 0 Å². The van der Waals surface area contributed by atoms with Crippen LogP contribution in [-0.4, -0.2) is 7.11 Å². The second-order valence-electron chi connectivity index (χ2n) is 3.15. The molecule has 2 heteroatoms. The maximum absolute atomic E-state index is 5.13. The van der Waals surface area contributed by atoms with Crippen molar-refractivity contribution in [1.82, 2.24) is 5.32 Å². The Kier molecular flexibility index (Phi) is 2.88. The molecule has 0 aromatic heterocycles. The van der Waals surface area contributed by atoms with E-state index < -0.39 is 0 Å². The maximum atomic E-state index is 5.13. The average Bonchev–Trinajstić information content (AvgIpc) is 2.31. The molecule has 0 atom stereocenters. The first kappa shape index (κ1) is 9.59. The van der Waals surface area contributed by atoms with Crippen molar-refractivity contribution in [3.05, 3.63) is 54.6 Å². The zero-order valence-electron chi connectivity index (χ0n) is 8.55. The number of nitrogens with zero attached hydrogens (tertiary/aromatic N) is 1. The fraction of sp³-hybridized carbons (Fsp3) is 0.0769. The number of hydrogen-bond donors (Lipinski definition) is 0. The van der Waals surface area contributed by atoms with Crippen molar-refractivity contribution in [3.8, 4) is 5.75 Å². The largest absolute Gasteiger partial charge is 0.497 e. The molecule has 2 nitrogen and oxygen atoms in total. The van der Waals surface area contributed by atoms with E-state index in [-0.39, 0.29) is 0 Å². The molecule has 0 spiro atoms. The number of hydrogen-bond acceptors (Lipinski definition) is 1. The van der Waals surface area contributed by atoms with E-state index in [9.17, 15) is 0 Å². The summed E-state index contributed by atoms with van der Waals surface area (Å²) in [6, 6.07) is 17.6. The summed E-state index contributed by atoms with van der Waals surface area (Å²) < 4.78 is 5.13. The molecule has 2 aromatic carbocycles. The van der Waals surface area contributed by atoms with E-state index in [1.807, 2.05) is 54.6 Å². The lowest BCUT2D eigenvalue weighted by Crippen LogP contribution is -1.89. The molecule has 75 valence electrons. The number of rotatable bonds is 3. The van der Waals surface area contributed by atoms with E-state index >= 15 is 0 Å². The van der Waals surface area contributed by atoms with Gasteiger partial charge in [-0.1, -0.05) is 24.3 Å². The molecule has 0 aliphatic rings. The van der Waals surface area contributed by atoms with E-state index in [0.717, 1.165) is 17.1 Å². The van der Waals surface area contributed by atoms with Gasteiger partial charge in [0.1, 0.15) is 5.75 Å². The van der Waals surface area contributed by atoms with Gasteiger partial charge in [-0.2, -0.15) is 0 Å². The molecule has 0 bridgehead atoms. The van der Waals surface area contributed by atoms with Crippen LogP contribution in [0.2, 0.25) is 0 Å². The van der Waals surface area contributed by atoms with Crippen molar-refractivity contribution < 1.29 is 4.74 Å². The van der Waals surface area contributed by atoms with Crippen molar-refractivity contribution in [2.75, 3.05) is 7.11 Å². The number of para-hydroxylation sites is 1. The standard InChI is InChI=1S/C13H12NO/c1-15-13-9-5-8-12(10-13)14-11-6-3-2-4-7-11/h2-10H,1H3. The molecule has 2 aromatic rings. The zero-order valence-corrected chi connectivity index (χ0v) is 8.55. The lowest BCUT2D eigenvalue weighted by Gasteiger charge is -2.04. The Morgan fingerprint density at radius 1 is 0.867 bits per heavy atom. The summed E-state index contributed by atoms with van der Waals surface area (Å²) >= 11 is 0. The Balaban J connectivity index is 2.17. The van der Waals surface area contributed by atoms with Gasteiger partial charge in [0.15, 0.2) is 0 Å². The highest BCUT2D eigenvalue weighted by molar-refractivity contribution is 5.50. The van der Waals surface area contributed by atoms with Crippen LogP contribution in [-0.2, 0) is 0 Å². The lowest BCUT2D eigenvalue weighted by molar-refractivity contribution is 0.415. The molecular formula is C13H12NO. The first-order valence-corrected chi connectivity index (χ1v) is 4.79. The summed E-state index contributed by atoms with van der Waals surface area (Å²) in [7, 11) is 1.65. The third kappa shape index (κ3) is 2.50. The second-order valence-corrected chi connectivity index (χ2v) is 3.15. The lowest BCUT2D eigenvalue weighted by atomic mass is 10.2. The van der Waals surface area contributed by atoms with Gasteiger partial charge in [-0.25, -0.2) is 5.32 Å². The van der Waals surface area contributed by atoms with Crippen molar-refractivity contribution in [1.29, 1.82) is 0 Å². The van der Waals surface area contributed by atoms with Crippen LogP contribution in [0.5, 0.6) is 5.75 Å². The van der Waals surface area contributed by atoms with Gasteiger partial charge in [0.2, 0.25) is 0 Å². The van der Waals surface area contributed by atoms with Crippen LogP contribution in [0, 0.1) is 0 Å². The van der Waals surface area contributed by atoms with E-state index in [0.29, 0.717) is 0 Å². The van der Waals surface area contributed by atoms with Gasteiger partial charge in [-0.05, 0) is 24.3 Å². The predicted octanol–water partition coefficient (Wildman–Crippen LogP) is 3.26. The van der Waals surface area contributed by atoms with Crippen LogP contribution in [0.4, 0.5) is 11.4 Å². The molecular weight excluding hydrogens is 186 g/mol. The second kappa shape index (κ2) is 4.51. The highest BCUT2D eigenvalue weighted by atomic mass is 16.5. The zero-order chi connectivity index (χ0) is 10.5. The minimum Gasteiger partial charge on any atom is -0.497 e. The highest BCUT2D eigenvalue weighted by Gasteiger charge is 1.97. The average molecular weight is 198 g/mol. The SMILES string of the molecule is COc1cccc([N]c2ccccc2)c1. The van der Waals surface area contributed by atoms with Gasteiger partial charge >= 0.3 is 0 Å². The highest BCUT2D eigenvalue weighted by Crippen LogP contribution is 2.20. The quantitative estimate of drug-likeness (QED) is 0.742. The van der Waals surface area contributed by atoms with Gasteiger partial charge in [0, 0.05) is 6.07 Å². The fourth-order valence-corrected chi connectivity index (χ4v) is 1.33. The van der Waals surface area contributed by atoms with Crippen LogP contribution in [0.15, 0.2) is 54.6 Å². The molecule has 0 unspecified atom stereocenters. The molecule has 0 saturated heterocycles. The molecule has 0 amide bonds. The van der Waals surface area contributed by atoms with E-state index in [1.54, 1.807) is 7.11 Å². The van der Waals surface area contributed by atoms with Crippen molar-refractivity contribution >= 4 is 11.4 Å². The topological polar surface area (TPSA) is 23.3 Å². The summed E-state index contributed by atoms with van der Waals surface area (Å²) in [6.45, 7) is 0. The summed E-state index contributed by atoms with van der Waals surface area (Å²) in [5.41, 5.74) is 1.85. The Morgan fingerprint density at radius 3 is 2.33 bits per heavy atom. The summed E-state index contributed by atoms with van der Waals surface area (Å²) in [6.07, 6.45) is 0. The third-order valence-corrected chi connectivity index (χ3v) is 2.07. The molecule has 0 fully saturated rings. The van der Waals surface area contributed by atoms with Gasteiger partial charge in [-0.3, -0.25) is 0 Å². The summed E-state index contributed by atoms with van der Waals surface area (Å²) in [4.78, 5) is 0. The molecule has 0 aliphatic heterocycles. The minimum atomic E-state index is 0.826. The van der Waals surface area contributed by atoms with Crippen LogP contribution in [0.1, 0.15) is 0 Å².